The lowest BCUT2D eigenvalue weighted by atomic mass is 10.3. The number of amides is 3. The van der Waals surface area contributed by atoms with Crippen molar-refractivity contribution in [2.75, 3.05) is 30.8 Å². The molecule has 0 aliphatic carbocycles. The van der Waals surface area contributed by atoms with Crippen LogP contribution in [0.1, 0.15) is 0 Å². The van der Waals surface area contributed by atoms with E-state index in [1.165, 1.54) is 13.2 Å². The van der Waals surface area contributed by atoms with Gasteiger partial charge < -0.3 is 15.0 Å². The van der Waals surface area contributed by atoms with Crippen LogP contribution in [0.15, 0.2) is 24.3 Å². The van der Waals surface area contributed by atoms with Crippen LogP contribution in [0.3, 0.4) is 0 Å². The highest BCUT2D eigenvalue weighted by Crippen LogP contribution is 2.19. The number of urea groups is 1. The Balaban J connectivity index is 1.98. The van der Waals surface area contributed by atoms with Crippen LogP contribution in [-0.4, -0.2) is 49.6 Å². The minimum absolute atomic E-state index is 0.271. The molecule has 8 heteroatoms. The summed E-state index contributed by atoms with van der Waals surface area (Å²) in [6, 6.07) is 5.73. The van der Waals surface area contributed by atoms with Crippen molar-refractivity contribution in [2.24, 2.45) is 0 Å². The van der Waals surface area contributed by atoms with Crippen LogP contribution >= 0.6 is 0 Å². The molecule has 1 heterocycles. The van der Waals surface area contributed by atoms with E-state index in [1.807, 2.05) is 0 Å². The summed E-state index contributed by atoms with van der Waals surface area (Å²) in [5.41, 5.74) is 0.819. The second kappa shape index (κ2) is 6.38. The van der Waals surface area contributed by atoms with Crippen molar-refractivity contribution in [3.8, 4) is 0 Å². The molecule has 1 aromatic rings. The zero-order chi connectivity index (χ0) is 15.4. The van der Waals surface area contributed by atoms with Gasteiger partial charge >= 0.3 is 12.1 Å². The van der Waals surface area contributed by atoms with Crippen molar-refractivity contribution < 1.29 is 23.1 Å². The molecule has 1 fully saturated rings. The molecule has 0 unspecified atom stereocenters. The van der Waals surface area contributed by atoms with Crippen LogP contribution in [0.2, 0.25) is 0 Å². The maximum absolute atomic E-state index is 13.1. The lowest BCUT2D eigenvalue weighted by Gasteiger charge is -2.16. The topological polar surface area (TPSA) is 70.7 Å². The lowest BCUT2D eigenvalue weighted by Crippen LogP contribution is -2.33. The molecule has 1 aromatic carbocycles. The zero-order valence-electron chi connectivity index (χ0n) is 11.3. The van der Waals surface area contributed by atoms with Crippen LogP contribution in [0.4, 0.5) is 29.7 Å². The molecule has 1 saturated heterocycles. The van der Waals surface area contributed by atoms with Gasteiger partial charge in [0.1, 0.15) is 0 Å². The first kappa shape index (κ1) is 15.0. The van der Waals surface area contributed by atoms with Crippen LogP contribution < -0.4 is 10.6 Å². The van der Waals surface area contributed by atoms with Crippen LogP contribution in [0.25, 0.3) is 0 Å². The largest absolute Gasteiger partial charge is 0.453 e. The molecule has 3 amide bonds. The quantitative estimate of drug-likeness (QED) is 0.881. The summed E-state index contributed by atoms with van der Waals surface area (Å²) in [6.07, 6.45) is -3.94. The van der Waals surface area contributed by atoms with Crippen molar-refractivity contribution in [1.29, 1.82) is 0 Å². The molecular weight excluding hydrogens is 284 g/mol. The molecule has 2 N–H and O–H groups in total. The van der Waals surface area contributed by atoms with Crippen molar-refractivity contribution in [3.63, 3.8) is 0 Å². The predicted octanol–water partition coefficient (Wildman–Crippen LogP) is 2.39. The summed E-state index contributed by atoms with van der Waals surface area (Å²) in [6.45, 7) is -0.541. The summed E-state index contributed by atoms with van der Waals surface area (Å²) in [5.74, 6) is 0. The van der Waals surface area contributed by atoms with E-state index in [2.05, 4.69) is 15.4 Å². The van der Waals surface area contributed by atoms with Gasteiger partial charge in [-0.2, -0.15) is 0 Å². The van der Waals surface area contributed by atoms with Crippen molar-refractivity contribution in [2.45, 2.75) is 12.3 Å². The zero-order valence-corrected chi connectivity index (χ0v) is 11.3. The number of nitrogens with zero attached hydrogens (tertiary/aromatic N) is 1. The van der Waals surface area contributed by atoms with E-state index in [1.54, 1.807) is 18.2 Å². The SMILES string of the molecule is COC(=O)Nc1cccc(NC(=O)N2C[C@@H](F)[C@@H](F)C2)c1. The molecule has 2 atom stereocenters. The molecule has 6 nitrogen and oxygen atoms in total. The van der Waals surface area contributed by atoms with Gasteiger partial charge in [-0.15, -0.1) is 0 Å². The number of hydrogen-bond acceptors (Lipinski definition) is 3. The normalized spacial score (nSPS) is 21.0. The molecule has 114 valence electrons. The average Bonchev–Trinajstić information content (AvgIpc) is 2.79. The van der Waals surface area contributed by atoms with Crippen molar-refractivity contribution >= 4 is 23.5 Å². The first-order valence-corrected chi connectivity index (χ1v) is 6.28. The van der Waals surface area contributed by atoms with E-state index in [0.29, 0.717) is 11.4 Å². The molecule has 0 spiro atoms. The van der Waals surface area contributed by atoms with E-state index in [0.717, 1.165) is 4.90 Å². The van der Waals surface area contributed by atoms with Gasteiger partial charge in [0.15, 0.2) is 12.3 Å². The van der Waals surface area contributed by atoms with E-state index in [4.69, 9.17) is 0 Å². The highest BCUT2D eigenvalue weighted by molar-refractivity contribution is 5.91. The maximum Gasteiger partial charge on any atom is 0.411 e. The number of hydrogen-bond donors (Lipinski definition) is 2. The minimum atomic E-state index is -1.65. The van der Waals surface area contributed by atoms with Gasteiger partial charge in [0, 0.05) is 11.4 Å². The summed E-state index contributed by atoms with van der Waals surface area (Å²) < 4.78 is 30.6. The molecule has 1 aliphatic heterocycles. The number of halogens is 2. The van der Waals surface area contributed by atoms with Crippen LogP contribution in [0.5, 0.6) is 0 Å². The van der Waals surface area contributed by atoms with Gasteiger partial charge in [-0.05, 0) is 18.2 Å². The smallest absolute Gasteiger partial charge is 0.411 e. The van der Waals surface area contributed by atoms with E-state index in [-0.39, 0.29) is 13.1 Å². The number of carbonyl (C=O) groups excluding carboxylic acids is 2. The van der Waals surface area contributed by atoms with Crippen molar-refractivity contribution in [1.82, 2.24) is 4.90 Å². The highest BCUT2D eigenvalue weighted by Gasteiger charge is 2.35. The van der Waals surface area contributed by atoms with Gasteiger partial charge in [-0.25, -0.2) is 18.4 Å². The first-order valence-electron chi connectivity index (χ1n) is 6.28. The number of nitrogens with one attached hydrogen (secondary N) is 2. The van der Waals surface area contributed by atoms with E-state index < -0.39 is 24.5 Å². The fraction of sp³-hybridized carbons (Fsp3) is 0.385. The second-order valence-electron chi connectivity index (χ2n) is 4.56. The predicted molar refractivity (Wildman–Crippen MR) is 72.9 cm³/mol. The molecule has 2 rings (SSSR count). The Morgan fingerprint density at radius 3 is 2.33 bits per heavy atom. The van der Waals surface area contributed by atoms with Crippen LogP contribution in [0, 0.1) is 0 Å². The average molecular weight is 299 g/mol. The fourth-order valence-corrected chi connectivity index (χ4v) is 1.94. The molecule has 0 aromatic heterocycles. The minimum Gasteiger partial charge on any atom is -0.453 e. The monoisotopic (exact) mass is 299 g/mol. The summed E-state index contributed by atoms with van der Waals surface area (Å²) in [5, 5.41) is 4.96. The van der Waals surface area contributed by atoms with Gasteiger partial charge in [-0.1, -0.05) is 6.07 Å². The first-order chi connectivity index (χ1) is 9.99. The number of likely N-dealkylation sites (tertiary alicyclic amines) is 1. The second-order valence-corrected chi connectivity index (χ2v) is 4.56. The Bertz CT molecular complexity index is 531. The number of benzene rings is 1. The standard InChI is InChI=1S/C13H15F2N3O3/c1-21-13(20)17-9-4-2-3-8(5-9)16-12(19)18-6-10(14)11(15)7-18/h2-5,10-11H,6-7H2,1H3,(H,16,19)(H,17,20)/t10-,11+. The fourth-order valence-electron chi connectivity index (χ4n) is 1.94. The number of rotatable bonds is 2. The third-order valence-electron chi connectivity index (χ3n) is 3.01. The Labute approximate surface area is 120 Å². The summed E-state index contributed by atoms with van der Waals surface area (Å²) in [7, 11) is 1.23. The summed E-state index contributed by atoms with van der Waals surface area (Å²) in [4.78, 5) is 24.0. The lowest BCUT2D eigenvalue weighted by molar-refractivity contribution is 0.187. The molecular formula is C13H15F2N3O3. The Hall–Kier alpha value is -2.38. The van der Waals surface area contributed by atoms with Gasteiger partial charge in [0.2, 0.25) is 0 Å². The number of alkyl halides is 2. The van der Waals surface area contributed by atoms with E-state index >= 15 is 0 Å². The van der Waals surface area contributed by atoms with Gasteiger partial charge in [-0.3, -0.25) is 5.32 Å². The highest BCUT2D eigenvalue weighted by atomic mass is 19.2. The Morgan fingerprint density at radius 2 is 1.76 bits per heavy atom. The third kappa shape index (κ3) is 3.80. The Morgan fingerprint density at radius 1 is 1.19 bits per heavy atom. The van der Waals surface area contributed by atoms with E-state index in [9.17, 15) is 18.4 Å². The maximum atomic E-state index is 13.1. The Kier molecular flexibility index (Phi) is 4.56. The molecule has 0 saturated carbocycles. The third-order valence-corrected chi connectivity index (χ3v) is 3.01. The van der Waals surface area contributed by atoms with Crippen molar-refractivity contribution in [3.05, 3.63) is 24.3 Å². The summed E-state index contributed by atoms with van der Waals surface area (Å²) >= 11 is 0. The number of ether oxygens (including phenoxy) is 1. The van der Waals surface area contributed by atoms with Gasteiger partial charge in [0.05, 0.1) is 20.2 Å². The molecule has 1 aliphatic rings. The van der Waals surface area contributed by atoms with Crippen LogP contribution in [-0.2, 0) is 4.74 Å². The molecule has 0 bridgehead atoms. The number of carbonyl (C=O) groups is 2. The number of anilines is 2. The van der Waals surface area contributed by atoms with Gasteiger partial charge in [0.25, 0.3) is 0 Å². The molecule has 21 heavy (non-hydrogen) atoms. The number of methoxy groups -OCH3 is 1. The molecule has 0 radical (unpaired) electrons.